The van der Waals surface area contributed by atoms with Crippen molar-refractivity contribution in [1.82, 2.24) is 20.4 Å². The van der Waals surface area contributed by atoms with E-state index in [1.807, 2.05) is 12.1 Å². The Morgan fingerprint density at radius 2 is 1.91 bits per heavy atom. The molecule has 0 unspecified atom stereocenters. The van der Waals surface area contributed by atoms with Crippen LogP contribution in [-0.4, -0.2) is 33.4 Å². The first kappa shape index (κ1) is 13.3. The molecule has 0 aliphatic rings. The third-order valence-electron chi connectivity index (χ3n) is 3.72. The lowest BCUT2D eigenvalue weighted by molar-refractivity contribution is 0.102. The Hall–Kier alpha value is -3.35. The molecule has 4 rings (SSSR count). The molecular formula is C16H13N5O2. The summed E-state index contributed by atoms with van der Waals surface area (Å²) in [5.41, 5.74) is 2.70. The van der Waals surface area contributed by atoms with Crippen molar-refractivity contribution < 1.29 is 9.53 Å². The first-order valence-corrected chi connectivity index (χ1v) is 7.02. The number of H-pyrrole nitrogens is 2. The Morgan fingerprint density at radius 3 is 2.70 bits per heavy atom. The van der Waals surface area contributed by atoms with Gasteiger partial charge in [0.05, 0.1) is 18.8 Å². The number of aromatic nitrogens is 4. The molecule has 0 radical (unpaired) electrons. The summed E-state index contributed by atoms with van der Waals surface area (Å²) < 4.78 is 5.10. The van der Waals surface area contributed by atoms with Gasteiger partial charge in [-0.15, -0.1) is 0 Å². The van der Waals surface area contributed by atoms with Crippen molar-refractivity contribution in [3.05, 3.63) is 48.3 Å². The predicted octanol–water partition coefficient (Wildman–Crippen LogP) is 2.70. The minimum Gasteiger partial charge on any atom is -0.497 e. The Kier molecular flexibility index (Phi) is 2.97. The molecule has 2 aromatic carbocycles. The standard InChI is InChI=1S/C16H13N5O2/c1-23-10-4-2-9(3-5-10)18-16(22)15-11-6-7-13-12(8-17-19-13)14(11)20-21-15/h2-8H,1H3,(H,17,19)(H,18,22)(H,20,21). The molecule has 2 heterocycles. The molecule has 0 saturated heterocycles. The number of amides is 1. The van der Waals surface area contributed by atoms with Crippen molar-refractivity contribution in [3.8, 4) is 5.75 Å². The Morgan fingerprint density at radius 1 is 1.09 bits per heavy atom. The summed E-state index contributed by atoms with van der Waals surface area (Å²) in [6.45, 7) is 0. The number of nitrogens with zero attached hydrogens (tertiary/aromatic N) is 2. The van der Waals surface area contributed by atoms with Gasteiger partial charge in [0.1, 0.15) is 17.0 Å². The molecule has 0 aliphatic heterocycles. The molecule has 7 heteroatoms. The van der Waals surface area contributed by atoms with Crippen molar-refractivity contribution in [3.63, 3.8) is 0 Å². The third kappa shape index (κ3) is 2.18. The molecule has 0 fully saturated rings. The number of nitrogens with one attached hydrogen (secondary N) is 3. The molecule has 4 aromatic rings. The van der Waals surface area contributed by atoms with Crippen LogP contribution >= 0.6 is 0 Å². The highest BCUT2D eigenvalue weighted by Gasteiger charge is 2.16. The second-order valence-corrected chi connectivity index (χ2v) is 5.07. The second-order valence-electron chi connectivity index (χ2n) is 5.07. The molecule has 114 valence electrons. The normalized spacial score (nSPS) is 11.0. The molecule has 0 saturated carbocycles. The summed E-state index contributed by atoms with van der Waals surface area (Å²) in [5.74, 6) is 0.484. The van der Waals surface area contributed by atoms with Crippen LogP contribution in [0, 0.1) is 0 Å². The number of hydrogen-bond acceptors (Lipinski definition) is 4. The number of aromatic amines is 2. The Balaban J connectivity index is 1.68. The molecule has 0 spiro atoms. The number of benzene rings is 2. The number of ether oxygens (including phenoxy) is 1. The molecule has 23 heavy (non-hydrogen) atoms. The number of anilines is 1. The monoisotopic (exact) mass is 307 g/mol. The topological polar surface area (TPSA) is 95.7 Å². The van der Waals surface area contributed by atoms with Gasteiger partial charge in [-0.25, -0.2) is 0 Å². The number of carbonyl (C=O) groups excluding carboxylic acids is 1. The van der Waals surface area contributed by atoms with Crippen molar-refractivity contribution >= 4 is 33.4 Å². The van der Waals surface area contributed by atoms with Crippen LogP contribution in [0.3, 0.4) is 0 Å². The fourth-order valence-corrected chi connectivity index (χ4v) is 2.54. The molecule has 0 atom stereocenters. The highest BCUT2D eigenvalue weighted by Crippen LogP contribution is 2.25. The number of carbonyl (C=O) groups is 1. The Labute approximate surface area is 130 Å². The van der Waals surface area contributed by atoms with Gasteiger partial charge < -0.3 is 10.1 Å². The largest absolute Gasteiger partial charge is 0.497 e. The van der Waals surface area contributed by atoms with E-state index >= 15 is 0 Å². The number of hydrogen-bond donors (Lipinski definition) is 3. The molecule has 7 nitrogen and oxygen atoms in total. The highest BCUT2D eigenvalue weighted by molar-refractivity contribution is 6.15. The quantitative estimate of drug-likeness (QED) is 0.542. The van der Waals surface area contributed by atoms with Crippen LogP contribution in [0.4, 0.5) is 5.69 Å². The van der Waals surface area contributed by atoms with Crippen LogP contribution < -0.4 is 10.1 Å². The van der Waals surface area contributed by atoms with Crippen molar-refractivity contribution in [2.75, 3.05) is 12.4 Å². The van der Waals surface area contributed by atoms with Gasteiger partial charge in [-0.1, -0.05) is 0 Å². The van der Waals surface area contributed by atoms with Crippen LogP contribution in [-0.2, 0) is 0 Å². The SMILES string of the molecule is COc1ccc(NC(=O)c2[nH]nc3c2ccc2[nH]ncc23)cc1. The van der Waals surface area contributed by atoms with Gasteiger partial charge in [0.2, 0.25) is 0 Å². The third-order valence-corrected chi connectivity index (χ3v) is 3.72. The summed E-state index contributed by atoms with van der Waals surface area (Å²) >= 11 is 0. The van der Waals surface area contributed by atoms with E-state index in [1.165, 1.54) is 0 Å². The van der Waals surface area contributed by atoms with Crippen LogP contribution in [0.25, 0.3) is 21.8 Å². The van der Waals surface area contributed by atoms with Gasteiger partial charge in [-0.3, -0.25) is 15.0 Å². The van der Waals surface area contributed by atoms with Crippen LogP contribution in [0.5, 0.6) is 5.75 Å². The van der Waals surface area contributed by atoms with Gasteiger partial charge in [0, 0.05) is 16.5 Å². The number of methoxy groups -OCH3 is 1. The predicted molar refractivity (Wildman–Crippen MR) is 86.7 cm³/mol. The lowest BCUT2D eigenvalue weighted by Gasteiger charge is -2.05. The van der Waals surface area contributed by atoms with Crippen LogP contribution in [0.15, 0.2) is 42.6 Å². The van der Waals surface area contributed by atoms with Crippen molar-refractivity contribution in [1.29, 1.82) is 0 Å². The highest BCUT2D eigenvalue weighted by atomic mass is 16.5. The van der Waals surface area contributed by atoms with E-state index in [1.54, 1.807) is 37.6 Å². The minimum absolute atomic E-state index is 0.250. The summed E-state index contributed by atoms with van der Waals surface area (Å²) in [6, 6.07) is 10.9. The van der Waals surface area contributed by atoms with E-state index in [2.05, 4.69) is 25.7 Å². The molecular weight excluding hydrogens is 294 g/mol. The van der Waals surface area contributed by atoms with Gasteiger partial charge in [0.25, 0.3) is 5.91 Å². The van der Waals surface area contributed by atoms with E-state index in [4.69, 9.17) is 4.74 Å². The average Bonchev–Trinajstić information content (AvgIpc) is 3.21. The number of fused-ring (bicyclic) bond motifs is 3. The molecule has 1 amide bonds. The van der Waals surface area contributed by atoms with Gasteiger partial charge in [-0.05, 0) is 36.4 Å². The van der Waals surface area contributed by atoms with Gasteiger partial charge >= 0.3 is 0 Å². The van der Waals surface area contributed by atoms with E-state index in [0.717, 1.165) is 27.6 Å². The minimum atomic E-state index is -0.250. The smallest absolute Gasteiger partial charge is 0.274 e. The zero-order valence-corrected chi connectivity index (χ0v) is 12.3. The summed E-state index contributed by atoms with van der Waals surface area (Å²) in [6.07, 6.45) is 1.70. The average molecular weight is 307 g/mol. The second kappa shape index (κ2) is 5.13. The summed E-state index contributed by atoms with van der Waals surface area (Å²) in [5, 5.41) is 18.4. The van der Waals surface area contributed by atoms with E-state index < -0.39 is 0 Å². The first-order valence-electron chi connectivity index (χ1n) is 7.02. The lowest BCUT2D eigenvalue weighted by atomic mass is 10.1. The van der Waals surface area contributed by atoms with Gasteiger partial charge in [-0.2, -0.15) is 10.2 Å². The molecule has 0 aliphatic carbocycles. The lowest BCUT2D eigenvalue weighted by Crippen LogP contribution is -2.12. The molecule has 0 bridgehead atoms. The van der Waals surface area contributed by atoms with Gasteiger partial charge in [0.15, 0.2) is 0 Å². The Bertz CT molecular complexity index is 1000. The maximum Gasteiger partial charge on any atom is 0.274 e. The van der Waals surface area contributed by atoms with Crippen LogP contribution in [0.2, 0.25) is 0 Å². The van der Waals surface area contributed by atoms with Crippen LogP contribution in [0.1, 0.15) is 10.5 Å². The maximum absolute atomic E-state index is 12.5. The number of rotatable bonds is 3. The fourth-order valence-electron chi connectivity index (χ4n) is 2.54. The van der Waals surface area contributed by atoms with Crippen molar-refractivity contribution in [2.45, 2.75) is 0 Å². The zero-order valence-electron chi connectivity index (χ0n) is 12.3. The van der Waals surface area contributed by atoms with E-state index in [-0.39, 0.29) is 5.91 Å². The summed E-state index contributed by atoms with van der Waals surface area (Å²) in [7, 11) is 1.60. The summed E-state index contributed by atoms with van der Waals surface area (Å²) in [4.78, 5) is 12.5. The maximum atomic E-state index is 12.5. The molecule has 3 N–H and O–H groups in total. The van der Waals surface area contributed by atoms with E-state index in [9.17, 15) is 4.79 Å². The van der Waals surface area contributed by atoms with Crippen molar-refractivity contribution in [2.24, 2.45) is 0 Å². The first-order chi connectivity index (χ1) is 11.3. The zero-order chi connectivity index (χ0) is 15.8. The fraction of sp³-hybridized carbons (Fsp3) is 0.0625. The van der Waals surface area contributed by atoms with E-state index in [0.29, 0.717) is 11.4 Å². The molecule has 2 aromatic heterocycles.